The molecule has 5 heteroatoms. The van der Waals surface area contributed by atoms with Gasteiger partial charge >= 0.3 is 5.97 Å². The Morgan fingerprint density at radius 2 is 2.06 bits per heavy atom. The van der Waals surface area contributed by atoms with Gasteiger partial charge in [0.25, 0.3) is 0 Å². The third-order valence-electron chi connectivity index (χ3n) is 1.81. The third-order valence-corrected chi connectivity index (χ3v) is 2.75. The van der Waals surface area contributed by atoms with Gasteiger partial charge in [0, 0.05) is 17.3 Å². The van der Waals surface area contributed by atoms with Crippen molar-refractivity contribution in [2.75, 3.05) is 0 Å². The van der Waals surface area contributed by atoms with Crippen molar-refractivity contribution in [1.29, 1.82) is 0 Å². The molecule has 0 amide bonds. The monoisotopic (exact) mass is 232 g/mol. The summed E-state index contributed by atoms with van der Waals surface area (Å²) in [6, 6.07) is 8.87. The van der Waals surface area contributed by atoms with Crippen molar-refractivity contribution < 1.29 is 9.90 Å². The lowest BCUT2D eigenvalue weighted by Crippen LogP contribution is -1.99. The summed E-state index contributed by atoms with van der Waals surface area (Å²) in [6.07, 6.45) is 3.18. The van der Waals surface area contributed by atoms with Gasteiger partial charge in [0.15, 0.2) is 0 Å². The first-order chi connectivity index (χ1) is 7.75. The molecule has 0 aromatic carbocycles. The molecule has 0 unspecified atom stereocenters. The SMILES string of the molecule is O=C(O)c1cc(Sc2ccccn2)ccn1. The summed E-state index contributed by atoms with van der Waals surface area (Å²) in [5, 5.41) is 9.61. The zero-order valence-corrected chi connectivity index (χ0v) is 9.02. The summed E-state index contributed by atoms with van der Waals surface area (Å²) in [6.45, 7) is 0. The van der Waals surface area contributed by atoms with Crippen LogP contribution in [0.1, 0.15) is 10.5 Å². The fraction of sp³-hybridized carbons (Fsp3) is 0. The number of carboxylic acids is 1. The highest BCUT2D eigenvalue weighted by Crippen LogP contribution is 2.25. The first-order valence-electron chi connectivity index (χ1n) is 4.54. The molecule has 4 nitrogen and oxygen atoms in total. The normalized spacial score (nSPS) is 10.0. The Morgan fingerprint density at radius 3 is 2.75 bits per heavy atom. The van der Waals surface area contributed by atoms with Gasteiger partial charge in [0.1, 0.15) is 10.7 Å². The van der Waals surface area contributed by atoms with Gasteiger partial charge in [-0.2, -0.15) is 0 Å². The number of hydrogen-bond donors (Lipinski definition) is 1. The predicted molar refractivity (Wildman–Crippen MR) is 59.6 cm³/mol. The molecule has 0 bridgehead atoms. The van der Waals surface area contributed by atoms with Crippen LogP contribution in [0.3, 0.4) is 0 Å². The summed E-state index contributed by atoms with van der Waals surface area (Å²) in [7, 11) is 0. The Morgan fingerprint density at radius 1 is 1.19 bits per heavy atom. The Labute approximate surface area is 96.4 Å². The lowest BCUT2D eigenvalue weighted by Gasteiger charge is -2.00. The van der Waals surface area contributed by atoms with Crippen LogP contribution in [0, 0.1) is 0 Å². The molecule has 0 saturated heterocycles. The number of hydrogen-bond acceptors (Lipinski definition) is 4. The molecule has 0 saturated carbocycles. The van der Waals surface area contributed by atoms with Gasteiger partial charge < -0.3 is 5.11 Å². The Kier molecular flexibility index (Phi) is 3.16. The first kappa shape index (κ1) is 10.6. The summed E-state index contributed by atoms with van der Waals surface area (Å²) < 4.78 is 0. The molecule has 0 spiro atoms. The quantitative estimate of drug-likeness (QED) is 0.879. The van der Waals surface area contributed by atoms with Crippen molar-refractivity contribution in [1.82, 2.24) is 9.97 Å². The van der Waals surface area contributed by atoms with Gasteiger partial charge in [0.2, 0.25) is 0 Å². The maximum absolute atomic E-state index is 10.7. The second-order valence-electron chi connectivity index (χ2n) is 2.95. The molecule has 2 aromatic heterocycles. The van der Waals surface area contributed by atoms with Gasteiger partial charge in [-0.05, 0) is 24.3 Å². The standard InChI is InChI=1S/C11H8N2O2S/c14-11(15)9-7-8(4-6-12-9)16-10-3-1-2-5-13-10/h1-7H,(H,14,15). The molecule has 2 heterocycles. The summed E-state index contributed by atoms with van der Waals surface area (Å²) in [5.74, 6) is -1.02. The third kappa shape index (κ3) is 2.58. The molecule has 0 aliphatic heterocycles. The molecule has 0 aliphatic carbocycles. The molecule has 16 heavy (non-hydrogen) atoms. The van der Waals surface area contributed by atoms with E-state index in [0.717, 1.165) is 9.92 Å². The molecule has 0 radical (unpaired) electrons. The van der Waals surface area contributed by atoms with Crippen LogP contribution in [-0.2, 0) is 0 Å². The minimum absolute atomic E-state index is 0.0425. The zero-order valence-electron chi connectivity index (χ0n) is 8.20. The highest BCUT2D eigenvalue weighted by molar-refractivity contribution is 7.99. The van der Waals surface area contributed by atoms with Crippen LogP contribution in [0.25, 0.3) is 0 Å². The number of nitrogens with zero attached hydrogens (tertiary/aromatic N) is 2. The van der Waals surface area contributed by atoms with Crippen LogP contribution < -0.4 is 0 Å². The molecular weight excluding hydrogens is 224 g/mol. The number of aromatic nitrogens is 2. The van der Waals surface area contributed by atoms with Crippen LogP contribution >= 0.6 is 11.8 Å². The van der Waals surface area contributed by atoms with Gasteiger partial charge in [-0.25, -0.2) is 14.8 Å². The number of carboxylic acid groups (broad SMARTS) is 1. The fourth-order valence-corrected chi connectivity index (χ4v) is 1.92. The van der Waals surface area contributed by atoms with Gasteiger partial charge in [0.05, 0.1) is 0 Å². The van der Waals surface area contributed by atoms with E-state index in [1.807, 2.05) is 18.2 Å². The summed E-state index contributed by atoms with van der Waals surface area (Å²) >= 11 is 1.40. The van der Waals surface area contributed by atoms with E-state index in [1.54, 1.807) is 12.3 Å². The second kappa shape index (κ2) is 4.76. The van der Waals surface area contributed by atoms with Gasteiger partial charge in [-0.1, -0.05) is 17.8 Å². The molecule has 0 fully saturated rings. The minimum atomic E-state index is -1.02. The lowest BCUT2D eigenvalue weighted by molar-refractivity contribution is 0.0690. The summed E-state index contributed by atoms with van der Waals surface area (Å²) in [5.41, 5.74) is 0.0425. The van der Waals surface area contributed by atoms with E-state index in [-0.39, 0.29) is 5.69 Å². The van der Waals surface area contributed by atoms with Gasteiger partial charge in [-0.15, -0.1) is 0 Å². The number of rotatable bonds is 3. The summed E-state index contributed by atoms with van der Waals surface area (Å²) in [4.78, 5) is 19.4. The van der Waals surface area contributed by atoms with E-state index in [0.29, 0.717) is 0 Å². The van der Waals surface area contributed by atoms with E-state index in [4.69, 9.17) is 5.11 Å². The van der Waals surface area contributed by atoms with Crippen molar-refractivity contribution >= 4 is 17.7 Å². The zero-order chi connectivity index (χ0) is 11.4. The maximum Gasteiger partial charge on any atom is 0.354 e. The lowest BCUT2D eigenvalue weighted by atomic mass is 10.3. The van der Waals surface area contributed by atoms with Crippen LogP contribution in [0.5, 0.6) is 0 Å². The predicted octanol–water partition coefficient (Wildman–Crippen LogP) is 2.33. The van der Waals surface area contributed by atoms with Crippen LogP contribution in [0.4, 0.5) is 0 Å². The van der Waals surface area contributed by atoms with Gasteiger partial charge in [-0.3, -0.25) is 0 Å². The van der Waals surface area contributed by atoms with Crippen molar-refractivity contribution in [3.8, 4) is 0 Å². The topological polar surface area (TPSA) is 63.1 Å². The molecule has 2 aromatic rings. The fourth-order valence-electron chi connectivity index (χ4n) is 1.12. The van der Waals surface area contributed by atoms with Crippen LogP contribution in [0.2, 0.25) is 0 Å². The maximum atomic E-state index is 10.7. The van der Waals surface area contributed by atoms with Crippen molar-refractivity contribution in [2.24, 2.45) is 0 Å². The average Bonchev–Trinajstić information content (AvgIpc) is 2.30. The number of pyridine rings is 2. The van der Waals surface area contributed by atoms with Crippen molar-refractivity contribution in [3.05, 3.63) is 48.4 Å². The Bertz CT molecular complexity index is 502. The van der Waals surface area contributed by atoms with Crippen molar-refractivity contribution in [2.45, 2.75) is 9.92 Å². The van der Waals surface area contributed by atoms with Crippen molar-refractivity contribution in [3.63, 3.8) is 0 Å². The van der Waals surface area contributed by atoms with E-state index in [1.165, 1.54) is 24.0 Å². The van der Waals surface area contributed by atoms with Crippen LogP contribution in [-0.4, -0.2) is 21.0 Å². The highest BCUT2D eigenvalue weighted by Gasteiger charge is 2.05. The van der Waals surface area contributed by atoms with E-state index >= 15 is 0 Å². The van der Waals surface area contributed by atoms with Crippen LogP contribution in [0.15, 0.2) is 52.6 Å². The smallest absolute Gasteiger partial charge is 0.354 e. The van der Waals surface area contributed by atoms with E-state index in [2.05, 4.69) is 9.97 Å². The van der Waals surface area contributed by atoms with E-state index < -0.39 is 5.97 Å². The molecule has 0 aliphatic rings. The Hall–Kier alpha value is -1.88. The first-order valence-corrected chi connectivity index (χ1v) is 5.35. The largest absolute Gasteiger partial charge is 0.477 e. The number of carbonyl (C=O) groups is 1. The second-order valence-corrected chi connectivity index (χ2v) is 4.05. The average molecular weight is 232 g/mol. The molecular formula is C11H8N2O2S. The molecule has 80 valence electrons. The minimum Gasteiger partial charge on any atom is -0.477 e. The molecule has 2 rings (SSSR count). The highest BCUT2D eigenvalue weighted by atomic mass is 32.2. The molecule has 1 N–H and O–H groups in total. The molecule has 0 atom stereocenters. The number of aromatic carboxylic acids is 1. The Balaban J connectivity index is 2.22. The van der Waals surface area contributed by atoms with E-state index in [9.17, 15) is 4.79 Å².